The number of nitrogens with two attached hydrogens (primary N) is 1. The maximum absolute atomic E-state index is 11.5. The highest BCUT2D eigenvalue weighted by Crippen LogP contribution is 2.47. The maximum Gasteiger partial charge on any atom is 0.111 e. The Labute approximate surface area is 272 Å². The van der Waals surface area contributed by atoms with Gasteiger partial charge in [0.05, 0.1) is 64.0 Å². The normalized spacial score (nSPS) is 42.6. The summed E-state index contributed by atoms with van der Waals surface area (Å²) in [5.41, 5.74) is 6.31. The van der Waals surface area contributed by atoms with Crippen LogP contribution in [0.3, 0.4) is 0 Å². The van der Waals surface area contributed by atoms with Crippen molar-refractivity contribution < 1.29 is 38.9 Å². The summed E-state index contributed by atoms with van der Waals surface area (Å²) >= 11 is 1.18. The van der Waals surface area contributed by atoms with Gasteiger partial charge in [0.1, 0.15) is 6.04 Å². The van der Waals surface area contributed by atoms with E-state index in [0.29, 0.717) is 42.8 Å². The van der Waals surface area contributed by atoms with Crippen LogP contribution in [0.5, 0.6) is 0 Å². The second kappa shape index (κ2) is 18.1. The fourth-order valence-corrected chi connectivity index (χ4v) is 9.87. The topological polar surface area (TPSA) is 160 Å². The molecule has 0 saturated heterocycles. The lowest BCUT2D eigenvalue weighted by Crippen LogP contribution is -2.52. The maximum atomic E-state index is 11.5. The Balaban J connectivity index is 1.24. The van der Waals surface area contributed by atoms with Gasteiger partial charge in [-0.3, -0.25) is 0 Å². The number of aliphatic hydroxyl groups excluding tert-OH is 1. The Morgan fingerprint density at radius 2 is 1.33 bits per heavy atom. The number of hydrogen-bond acceptors (Lipinski definition) is 14. The van der Waals surface area contributed by atoms with Gasteiger partial charge in [-0.15, -0.1) is 4.33 Å². The van der Waals surface area contributed by atoms with Gasteiger partial charge in [0.15, 0.2) is 0 Å². The van der Waals surface area contributed by atoms with E-state index in [1.165, 1.54) is 32.0 Å². The van der Waals surface area contributed by atoms with Crippen molar-refractivity contribution in [1.82, 2.24) is 0 Å². The summed E-state index contributed by atoms with van der Waals surface area (Å²) in [6.45, 7) is 1.09. The highest BCUT2D eigenvalue weighted by atomic mass is 32.2. The van der Waals surface area contributed by atoms with Crippen LogP contribution in [0.15, 0.2) is 20.5 Å². The summed E-state index contributed by atoms with van der Waals surface area (Å²) in [5.74, 6) is 2.09. The molecule has 12 unspecified atom stereocenters. The first kappa shape index (κ1) is 35.5. The van der Waals surface area contributed by atoms with E-state index in [1.807, 2.05) is 0 Å². The Hall–Kier alpha value is -0.810. The van der Waals surface area contributed by atoms with E-state index < -0.39 is 6.10 Å². The van der Waals surface area contributed by atoms with Gasteiger partial charge in [0.2, 0.25) is 0 Å². The highest BCUT2D eigenvalue weighted by molar-refractivity contribution is 7.95. The van der Waals surface area contributed by atoms with Crippen LogP contribution in [0.2, 0.25) is 0 Å². The molecule has 0 amide bonds. The molecule has 0 aromatic rings. The lowest BCUT2D eigenvalue weighted by molar-refractivity contribution is -0.447. The average Bonchev–Trinajstić information content (AvgIpc) is 3.06. The zero-order valence-corrected chi connectivity index (χ0v) is 28.0. The summed E-state index contributed by atoms with van der Waals surface area (Å²) in [6, 6.07) is 0.225. The van der Waals surface area contributed by atoms with Crippen LogP contribution in [-0.2, 0) is 33.8 Å². The van der Waals surface area contributed by atoms with Gasteiger partial charge in [0.25, 0.3) is 0 Å². The second-order valence-corrected chi connectivity index (χ2v) is 14.9. The Morgan fingerprint density at radius 3 is 1.96 bits per heavy atom. The number of nitrogens with zero attached hydrogens (tertiary/aromatic N) is 4. The predicted molar refractivity (Wildman–Crippen MR) is 166 cm³/mol. The van der Waals surface area contributed by atoms with E-state index in [-0.39, 0.29) is 41.4 Å². The van der Waals surface area contributed by atoms with Crippen LogP contribution in [0.25, 0.3) is 0 Å². The summed E-state index contributed by atoms with van der Waals surface area (Å²) in [4.78, 5) is 24.9. The van der Waals surface area contributed by atoms with Gasteiger partial charge in [-0.05, 0) is 106 Å². The van der Waals surface area contributed by atoms with E-state index in [4.69, 9.17) is 55.1 Å². The van der Waals surface area contributed by atoms with Gasteiger partial charge < -0.3 is 10.8 Å². The summed E-state index contributed by atoms with van der Waals surface area (Å²) < 4.78 is 5.23. The molecule has 5 rings (SSSR count). The molecule has 5 aliphatic rings. The highest BCUT2D eigenvalue weighted by Gasteiger charge is 2.48. The summed E-state index contributed by atoms with van der Waals surface area (Å²) in [6.07, 6.45) is 12.5. The Kier molecular flexibility index (Phi) is 14.3. The number of aliphatic hydroxyl groups is 1. The molecule has 0 bridgehead atoms. The third-order valence-corrected chi connectivity index (χ3v) is 12.0. The van der Waals surface area contributed by atoms with Crippen molar-refractivity contribution in [1.29, 1.82) is 0 Å². The van der Waals surface area contributed by atoms with Gasteiger partial charge in [0, 0.05) is 18.1 Å². The molecular weight excluding hydrogens is 602 g/mol. The molecule has 3 N–H and O–H groups in total. The number of rotatable bonds is 14. The largest absolute Gasteiger partial charge is 0.390 e. The molecule has 45 heavy (non-hydrogen) atoms. The van der Waals surface area contributed by atoms with Crippen LogP contribution in [0.4, 0.5) is 0 Å². The summed E-state index contributed by atoms with van der Waals surface area (Å²) in [5, 5.41) is 36.1. The minimum atomic E-state index is -0.610. The molecule has 5 saturated carbocycles. The van der Waals surface area contributed by atoms with Crippen molar-refractivity contribution in [3.05, 3.63) is 0 Å². The number of fused-ring (bicyclic) bond motifs is 2. The third-order valence-electron chi connectivity index (χ3n) is 11.1. The van der Waals surface area contributed by atoms with Crippen LogP contribution in [0.1, 0.15) is 83.5 Å². The fourth-order valence-electron chi connectivity index (χ4n) is 9.02. The SMILES string of the molecule is COOCC1CC(COOC)CC(N=NC2CCC(N=NC3C(SOOOC)CC4CCC(N)CC4C3O)C3CCCCC23)C1. The van der Waals surface area contributed by atoms with Crippen LogP contribution < -0.4 is 5.73 Å². The van der Waals surface area contributed by atoms with Crippen LogP contribution in [-0.4, -0.2) is 81.2 Å². The molecule has 12 atom stereocenters. The Bertz CT molecular complexity index is 922. The molecular formula is C31H55N5O8S. The minimum absolute atomic E-state index is 0.0755. The summed E-state index contributed by atoms with van der Waals surface area (Å²) in [7, 11) is 4.50. The minimum Gasteiger partial charge on any atom is -0.390 e. The number of azo groups is 2. The lowest BCUT2D eigenvalue weighted by atomic mass is 9.66. The van der Waals surface area contributed by atoms with E-state index >= 15 is 0 Å². The zero-order valence-electron chi connectivity index (χ0n) is 27.2. The van der Waals surface area contributed by atoms with Gasteiger partial charge in [-0.1, -0.05) is 17.9 Å². The van der Waals surface area contributed by atoms with Crippen molar-refractivity contribution in [3.8, 4) is 0 Å². The average molecular weight is 658 g/mol. The monoisotopic (exact) mass is 657 g/mol. The molecule has 13 nitrogen and oxygen atoms in total. The number of hydrogen-bond donors (Lipinski definition) is 2. The molecule has 0 spiro atoms. The second-order valence-electron chi connectivity index (χ2n) is 13.9. The Morgan fingerprint density at radius 1 is 0.689 bits per heavy atom. The zero-order chi connectivity index (χ0) is 31.6. The van der Waals surface area contributed by atoms with Crippen LogP contribution >= 0.6 is 12.0 Å². The molecule has 5 aliphatic carbocycles. The van der Waals surface area contributed by atoms with Gasteiger partial charge in [-0.2, -0.15) is 20.5 Å². The molecule has 0 heterocycles. The van der Waals surface area contributed by atoms with Crippen molar-refractivity contribution >= 4 is 12.0 Å². The quantitative estimate of drug-likeness (QED) is 0.0794. The first-order valence-corrected chi connectivity index (χ1v) is 17.9. The van der Waals surface area contributed by atoms with Crippen molar-refractivity contribution in [2.45, 2.75) is 125 Å². The van der Waals surface area contributed by atoms with E-state index in [2.05, 4.69) is 4.89 Å². The van der Waals surface area contributed by atoms with E-state index in [9.17, 15) is 5.11 Å². The van der Waals surface area contributed by atoms with Crippen molar-refractivity contribution in [2.75, 3.05) is 34.5 Å². The lowest BCUT2D eigenvalue weighted by Gasteiger charge is -2.46. The standard InChI is InChI=1S/C31H55N5O8S/c1-38-41-17-19-12-20(18-42-39-2)14-23(13-19)33-34-27-10-11-28(25-7-5-4-6-24(25)27)35-36-30-29(45-44-43-40-3)15-21-8-9-22(32)16-26(21)31(30)37/h19-31,37H,4-18,32H2,1-3H3. The molecule has 0 radical (unpaired) electrons. The van der Waals surface area contributed by atoms with Gasteiger partial charge in [-0.25, -0.2) is 24.4 Å². The first-order chi connectivity index (χ1) is 22.0. The molecule has 0 aliphatic heterocycles. The third kappa shape index (κ3) is 9.64. The van der Waals surface area contributed by atoms with Crippen LogP contribution in [0, 0.1) is 35.5 Å². The van der Waals surface area contributed by atoms with E-state index in [1.54, 1.807) is 14.2 Å². The molecule has 5 fully saturated rings. The van der Waals surface area contributed by atoms with Gasteiger partial charge >= 0.3 is 0 Å². The smallest absolute Gasteiger partial charge is 0.111 e. The molecule has 0 aromatic heterocycles. The first-order valence-electron chi connectivity index (χ1n) is 17.1. The fraction of sp³-hybridized carbons (Fsp3) is 1.00. The predicted octanol–water partition coefficient (Wildman–Crippen LogP) is 5.57. The molecule has 258 valence electrons. The van der Waals surface area contributed by atoms with Crippen molar-refractivity contribution in [2.24, 2.45) is 61.7 Å². The van der Waals surface area contributed by atoms with Crippen molar-refractivity contribution in [3.63, 3.8) is 0 Å². The molecule has 14 heteroatoms. The van der Waals surface area contributed by atoms with E-state index in [0.717, 1.165) is 70.6 Å². The molecule has 0 aromatic carbocycles.